The van der Waals surface area contributed by atoms with E-state index in [0.717, 1.165) is 17.9 Å². The number of hydrogen-bond donors (Lipinski definition) is 2. The lowest BCUT2D eigenvalue weighted by Crippen LogP contribution is -2.30. The summed E-state index contributed by atoms with van der Waals surface area (Å²) in [6.45, 7) is 7.63. The van der Waals surface area contributed by atoms with Crippen molar-refractivity contribution in [1.29, 1.82) is 0 Å². The quantitative estimate of drug-likeness (QED) is 0.425. The third-order valence-corrected chi connectivity index (χ3v) is 5.79. The number of primary amides is 1. The Balaban J connectivity index is 1.64. The summed E-state index contributed by atoms with van der Waals surface area (Å²) < 4.78 is 7.14. The first kappa shape index (κ1) is 23.4. The molecule has 3 rings (SSSR count). The van der Waals surface area contributed by atoms with Crippen LogP contribution in [0.1, 0.15) is 27.2 Å². The number of thioether (sulfide) groups is 1. The first-order valence-electron chi connectivity index (χ1n) is 10.4. The van der Waals surface area contributed by atoms with Crippen LogP contribution in [0.5, 0.6) is 0 Å². The number of carbonyl (C=O) groups excluding carboxylic acids is 2. The lowest BCUT2D eigenvalue weighted by Gasteiger charge is -2.27. The largest absolute Gasteiger partial charge is 0.461 e. The van der Waals surface area contributed by atoms with Gasteiger partial charge in [-0.3, -0.25) is 14.2 Å². The highest BCUT2D eigenvalue weighted by Gasteiger charge is 2.18. The maximum atomic E-state index is 12.5. The van der Waals surface area contributed by atoms with Crippen molar-refractivity contribution in [3.8, 4) is 11.6 Å². The van der Waals surface area contributed by atoms with Crippen LogP contribution in [0, 0.1) is 0 Å². The molecule has 2 heterocycles. The number of nitrogens with one attached hydrogen (secondary N) is 1. The minimum absolute atomic E-state index is 0.128. The number of benzene rings is 1. The van der Waals surface area contributed by atoms with Gasteiger partial charge in [-0.05, 0) is 57.2 Å². The lowest BCUT2D eigenvalue weighted by atomic mass is 10.2. The van der Waals surface area contributed by atoms with Crippen molar-refractivity contribution in [3.63, 3.8) is 0 Å². The molecular weight excluding hydrogens is 428 g/mol. The molecule has 0 saturated heterocycles. The molecule has 0 atom stereocenters. The molecule has 2 amide bonds. The number of anilines is 2. The maximum absolute atomic E-state index is 12.5. The Hall–Kier alpha value is -3.27. The molecule has 0 bridgehead atoms. The summed E-state index contributed by atoms with van der Waals surface area (Å²) in [5, 5.41) is 11.7. The van der Waals surface area contributed by atoms with Crippen molar-refractivity contribution in [2.24, 2.45) is 5.73 Å². The van der Waals surface area contributed by atoms with E-state index in [4.69, 9.17) is 10.2 Å². The molecule has 0 aliphatic rings. The van der Waals surface area contributed by atoms with Crippen molar-refractivity contribution in [2.45, 2.75) is 44.9 Å². The summed E-state index contributed by atoms with van der Waals surface area (Å²) in [5.74, 6) is 0.561. The summed E-state index contributed by atoms with van der Waals surface area (Å²) in [4.78, 5) is 26.0. The van der Waals surface area contributed by atoms with E-state index in [-0.39, 0.29) is 18.1 Å². The first-order chi connectivity index (χ1) is 15.4. The van der Waals surface area contributed by atoms with E-state index in [1.165, 1.54) is 18.0 Å². The van der Waals surface area contributed by atoms with E-state index >= 15 is 0 Å². The van der Waals surface area contributed by atoms with E-state index in [1.807, 2.05) is 24.3 Å². The molecule has 0 aliphatic heterocycles. The van der Waals surface area contributed by atoms with Crippen molar-refractivity contribution < 1.29 is 14.0 Å². The van der Waals surface area contributed by atoms with Crippen molar-refractivity contribution in [1.82, 2.24) is 14.8 Å². The van der Waals surface area contributed by atoms with Gasteiger partial charge in [0.15, 0.2) is 16.7 Å². The molecule has 0 unspecified atom stereocenters. The van der Waals surface area contributed by atoms with Crippen LogP contribution in [0.4, 0.5) is 11.4 Å². The Morgan fingerprint density at radius 1 is 1.22 bits per heavy atom. The fourth-order valence-electron chi connectivity index (χ4n) is 3.32. The van der Waals surface area contributed by atoms with Crippen LogP contribution in [-0.2, 0) is 16.1 Å². The zero-order valence-electron chi connectivity index (χ0n) is 18.4. The molecule has 2 aromatic heterocycles. The zero-order chi connectivity index (χ0) is 23.1. The Morgan fingerprint density at radius 2 is 1.97 bits per heavy atom. The van der Waals surface area contributed by atoms with Crippen LogP contribution in [-0.4, -0.2) is 44.9 Å². The van der Waals surface area contributed by atoms with Gasteiger partial charge in [0.25, 0.3) is 0 Å². The van der Waals surface area contributed by atoms with Crippen molar-refractivity contribution in [3.05, 3.63) is 42.7 Å². The maximum Gasteiger partial charge on any atom is 0.234 e. The summed E-state index contributed by atoms with van der Waals surface area (Å²) in [7, 11) is 0. The van der Waals surface area contributed by atoms with E-state index in [2.05, 4.69) is 41.2 Å². The van der Waals surface area contributed by atoms with Crippen LogP contribution in [0.25, 0.3) is 11.6 Å². The highest BCUT2D eigenvalue weighted by atomic mass is 32.2. The molecule has 170 valence electrons. The average Bonchev–Trinajstić information content (AvgIpc) is 3.42. The minimum Gasteiger partial charge on any atom is -0.461 e. The second-order valence-corrected chi connectivity index (χ2v) is 8.36. The topological polar surface area (TPSA) is 119 Å². The molecule has 1 aromatic carbocycles. The van der Waals surface area contributed by atoms with Gasteiger partial charge in [0.2, 0.25) is 11.8 Å². The Kier molecular flexibility index (Phi) is 7.93. The third kappa shape index (κ3) is 5.91. The SMILES string of the molecule is CCN(c1ccc(NC(=O)CSc2nnc(-c3ccco3)n2CCC(N)=O)cc1)C(C)C. The Labute approximate surface area is 191 Å². The first-order valence-corrected chi connectivity index (χ1v) is 11.4. The fraction of sp³-hybridized carbons (Fsp3) is 0.364. The number of aromatic nitrogens is 3. The predicted molar refractivity (Wildman–Crippen MR) is 125 cm³/mol. The van der Waals surface area contributed by atoms with Gasteiger partial charge in [0, 0.05) is 36.9 Å². The van der Waals surface area contributed by atoms with Crippen LogP contribution in [0.2, 0.25) is 0 Å². The van der Waals surface area contributed by atoms with Gasteiger partial charge in [-0.1, -0.05) is 11.8 Å². The van der Waals surface area contributed by atoms with Gasteiger partial charge in [0.1, 0.15) is 0 Å². The van der Waals surface area contributed by atoms with Crippen molar-refractivity contribution in [2.75, 3.05) is 22.5 Å². The molecule has 0 fully saturated rings. The molecule has 10 heteroatoms. The summed E-state index contributed by atoms with van der Waals surface area (Å²) in [6.07, 6.45) is 1.66. The van der Waals surface area contributed by atoms with Gasteiger partial charge in [-0.2, -0.15) is 0 Å². The monoisotopic (exact) mass is 456 g/mol. The molecular formula is C22H28N6O3S. The molecule has 0 radical (unpaired) electrons. The number of hydrogen-bond acceptors (Lipinski definition) is 7. The molecule has 0 spiro atoms. The summed E-state index contributed by atoms with van der Waals surface area (Å²) in [6, 6.07) is 11.7. The average molecular weight is 457 g/mol. The number of furan rings is 1. The third-order valence-electron chi connectivity index (χ3n) is 4.82. The number of nitrogens with two attached hydrogens (primary N) is 1. The van der Waals surface area contributed by atoms with Crippen LogP contribution >= 0.6 is 11.8 Å². The standard InChI is InChI=1S/C22H28N6O3S/c1-4-27(15(2)3)17-9-7-16(8-10-17)24-20(30)14-32-22-26-25-21(18-6-5-13-31-18)28(22)12-11-19(23)29/h5-10,13,15H,4,11-12,14H2,1-3H3,(H2,23,29)(H,24,30). The second-order valence-electron chi connectivity index (χ2n) is 7.41. The number of rotatable bonds is 11. The second kappa shape index (κ2) is 10.9. The molecule has 3 aromatic rings. The van der Waals surface area contributed by atoms with E-state index in [0.29, 0.717) is 29.3 Å². The van der Waals surface area contributed by atoms with Crippen LogP contribution < -0.4 is 16.0 Å². The normalized spacial score (nSPS) is 11.0. The van der Waals surface area contributed by atoms with Gasteiger partial charge in [-0.15, -0.1) is 10.2 Å². The zero-order valence-corrected chi connectivity index (χ0v) is 19.3. The molecule has 0 saturated carbocycles. The highest BCUT2D eigenvalue weighted by molar-refractivity contribution is 7.99. The molecule has 9 nitrogen and oxygen atoms in total. The van der Waals surface area contributed by atoms with Crippen LogP contribution in [0.15, 0.2) is 52.2 Å². The van der Waals surface area contributed by atoms with E-state index in [1.54, 1.807) is 16.7 Å². The van der Waals surface area contributed by atoms with Gasteiger partial charge in [-0.25, -0.2) is 0 Å². The summed E-state index contributed by atoms with van der Waals surface area (Å²) in [5.41, 5.74) is 7.14. The molecule has 3 N–H and O–H groups in total. The van der Waals surface area contributed by atoms with Crippen LogP contribution in [0.3, 0.4) is 0 Å². The van der Waals surface area contributed by atoms with Gasteiger partial charge in [0.05, 0.1) is 12.0 Å². The van der Waals surface area contributed by atoms with Gasteiger partial charge >= 0.3 is 0 Å². The fourth-order valence-corrected chi connectivity index (χ4v) is 4.08. The Morgan fingerprint density at radius 3 is 2.56 bits per heavy atom. The predicted octanol–water partition coefficient (Wildman–Crippen LogP) is 3.38. The van der Waals surface area contributed by atoms with E-state index < -0.39 is 5.91 Å². The number of carbonyl (C=O) groups is 2. The number of amides is 2. The minimum atomic E-state index is -0.430. The molecule has 32 heavy (non-hydrogen) atoms. The smallest absolute Gasteiger partial charge is 0.234 e. The Bertz CT molecular complexity index is 1030. The van der Waals surface area contributed by atoms with Crippen molar-refractivity contribution >= 4 is 35.0 Å². The summed E-state index contributed by atoms with van der Waals surface area (Å²) >= 11 is 1.24. The lowest BCUT2D eigenvalue weighted by molar-refractivity contribution is -0.118. The molecule has 0 aliphatic carbocycles. The van der Waals surface area contributed by atoms with Gasteiger partial charge < -0.3 is 20.4 Å². The highest BCUT2D eigenvalue weighted by Crippen LogP contribution is 2.25. The van der Waals surface area contributed by atoms with E-state index in [9.17, 15) is 9.59 Å². The number of nitrogens with zero attached hydrogens (tertiary/aromatic N) is 4.